The topological polar surface area (TPSA) is 90.8 Å². The molecule has 122 valence electrons. The Balaban J connectivity index is 2.35. The second-order valence-corrected chi connectivity index (χ2v) is 6.59. The minimum atomic E-state index is -1.16. The molecule has 0 aliphatic heterocycles. The molecule has 0 atom stereocenters. The Bertz CT molecular complexity index is 678. The van der Waals surface area contributed by atoms with Gasteiger partial charge in [0.05, 0.1) is 0 Å². The number of aromatic nitrogens is 2. The molecule has 0 aliphatic carbocycles. The van der Waals surface area contributed by atoms with Gasteiger partial charge in [-0.15, -0.1) is 0 Å². The molecule has 0 fully saturated rings. The van der Waals surface area contributed by atoms with E-state index >= 15 is 0 Å². The standard InChI is InChI=1S/C12H8I2N2O5S2/c13-22-20-7-4-8(19-6-10-15-2-1-3-16-10)11(12(17)18)9(5-7)21-23-14/h1-5H,6H2,(H,17,18). The number of carboxylic acids is 1. The van der Waals surface area contributed by atoms with Crippen LogP contribution in [-0.2, 0) is 6.61 Å². The number of ether oxygens (including phenoxy) is 1. The van der Waals surface area contributed by atoms with Crippen molar-refractivity contribution in [2.75, 3.05) is 0 Å². The van der Waals surface area contributed by atoms with E-state index in [1.807, 2.05) is 42.4 Å². The Kier molecular flexibility index (Phi) is 7.78. The largest absolute Gasteiger partial charge is 0.484 e. The summed E-state index contributed by atoms with van der Waals surface area (Å²) in [7, 11) is 2.10. The number of benzene rings is 1. The van der Waals surface area contributed by atoms with Crippen molar-refractivity contribution in [3.63, 3.8) is 0 Å². The molecule has 1 heterocycles. The van der Waals surface area contributed by atoms with Gasteiger partial charge in [0.2, 0.25) is 0 Å². The fourth-order valence-corrected chi connectivity index (χ4v) is 3.19. The maximum absolute atomic E-state index is 11.5. The van der Waals surface area contributed by atoms with Crippen molar-refractivity contribution in [2.24, 2.45) is 0 Å². The first kappa shape index (κ1) is 18.7. The van der Waals surface area contributed by atoms with Crippen LogP contribution in [0.15, 0.2) is 30.6 Å². The average molecular weight is 578 g/mol. The highest BCUT2D eigenvalue weighted by molar-refractivity contribution is 14.2. The highest BCUT2D eigenvalue weighted by atomic mass is 127. The van der Waals surface area contributed by atoms with Crippen LogP contribution in [0.25, 0.3) is 0 Å². The molecule has 0 aliphatic rings. The van der Waals surface area contributed by atoms with Gasteiger partial charge in [-0.05, 0) is 6.07 Å². The number of nitrogens with zero attached hydrogens (tertiary/aromatic N) is 2. The van der Waals surface area contributed by atoms with Gasteiger partial charge in [0, 0.05) is 66.9 Å². The Labute approximate surface area is 164 Å². The van der Waals surface area contributed by atoms with Gasteiger partial charge in [0.25, 0.3) is 0 Å². The summed E-state index contributed by atoms with van der Waals surface area (Å²) in [5.74, 6) is -0.0525. The maximum atomic E-state index is 11.5. The smallest absolute Gasteiger partial charge is 0.343 e. The van der Waals surface area contributed by atoms with Crippen LogP contribution in [0.1, 0.15) is 16.2 Å². The Morgan fingerprint density at radius 2 is 1.78 bits per heavy atom. The first-order valence-electron chi connectivity index (χ1n) is 5.86. The number of hydrogen-bond acceptors (Lipinski definition) is 8. The summed E-state index contributed by atoms with van der Waals surface area (Å²) in [5, 5.41) is 9.44. The highest BCUT2D eigenvalue weighted by Crippen LogP contribution is 2.38. The first-order valence-corrected chi connectivity index (χ1v) is 12.4. The predicted molar refractivity (Wildman–Crippen MR) is 104 cm³/mol. The van der Waals surface area contributed by atoms with Crippen molar-refractivity contribution >= 4 is 66.8 Å². The number of halogens is 2. The number of carboxylic acid groups (broad SMARTS) is 1. The van der Waals surface area contributed by atoms with E-state index < -0.39 is 5.97 Å². The van der Waals surface area contributed by atoms with Gasteiger partial charge < -0.3 is 18.2 Å². The molecule has 0 radical (unpaired) electrons. The number of aromatic carboxylic acids is 1. The van der Waals surface area contributed by atoms with Crippen molar-refractivity contribution in [3.8, 4) is 17.2 Å². The van der Waals surface area contributed by atoms with Gasteiger partial charge in [-0.2, -0.15) is 0 Å². The quantitative estimate of drug-likeness (QED) is 0.359. The molecular weight excluding hydrogens is 570 g/mol. The van der Waals surface area contributed by atoms with E-state index in [0.29, 0.717) is 11.6 Å². The normalized spacial score (nSPS) is 10.2. The monoisotopic (exact) mass is 578 g/mol. The summed E-state index contributed by atoms with van der Waals surface area (Å²) in [6.07, 6.45) is 3.16. The van der Waals surface area contributed by atoms with Gasteiger partial charge in [0.1, 0.15) is 42.1 Å². The zero-order chi connectivity index (χ0) is 16.7. The zero-order valence-electron chi connectivity index (χ0n) is 11.1. The number of hydrogen-bond donors (Lipinski definition) is 1. The first-order chi connectivity index (χ1) is 11.2. The molecule has 11 heteroatoms. The lowest BCUT2D eigenvalue weighted by molar-refractivity contribution is 0.0689. The van der Waals surface area contributed by atoms with Crippen LogP contribution in [-0.4, -0.2) is 21.0 Å². The average Bonchev–Trinajstić information content (AvgIpc) is 2.54. The summed E-state index contributed by atoms with van der Waals surface area (Å²) in [6, 6.07) is 4.66. The van der Waals surface area contributed by atoms with Crippen LogP contribution < -0.4 is 13.1 Å². The second kappa shape index (κ2) is 9.58. The third-order valence-electron chi connectivity index (χ3n) is 2.48. The molecule has 1 aromatic carbocycles. The maximum Gasteiger partial charge on any atom is 0.343 e. The van der Waals surface area contributed by atoms with E-state index in [4.69, 9.17) is 13.1 Å². The van der Waals surface area contributed by atoms with Crippen LogP contribution in [0, 0.1) is 0 Å². The molecule has 2 rings (SSSR count). The molecule has 1 N–H and O–H groups in total. The zero-order valence-corrected chi connectivity index (χ0v) is 17.1. The summed E-state index contributed by atoms with van der Waals surface area (Å²) in [4.78, 5) is 19.6. The van der Waals surface area contributed by atoms with Crippen LogP contribution in [0.5, 0.6) is 17.2 Å². The molecule has 0 spiro atoms. The van der Waals surface area contributed by atoms with Gasteiger partial charge >= 0.3 is 5.97 Å². The van der Waals surface area contributed by atoms with Crippen LogP contribution in [0.3, 0.4) is 0 Å². The van der Waals surface area contributed by atoms with Gasteiger partial charge in [-0.3, -0.25) is 0 Å². The second-order valence-electron chi connectivity index (χ2n) is 3.85. The molecule has 0 saturated heterocycles. The Hall–Kier alpha value is -0.670. The van der Waals surface area contributed by atoms with Gasteiger partial charge in [0.15, 0.2) is 11.6 Å². The third-order valence-corrected chi connectivity index (χ3v) is 4.06. The lowest BCUT2D eigenvalue weighted by atomic mass is 10.1. The lowest BCUT2D eigenvalue weighted by Gasteiger charge is -2.13. The predicted octanol–water partition coefficient (Wildman–Crippen LogP) is 4.51. The Morgan fingerprint density at radius 3 is 2.39 bits per heavy atom. The van der Waals surface area contributed by atoms with Gasteiger partial charge in [-0.1, -0.05) is 0 Å². The van der Waals surface area contributed by atoms with E-state index in [2.05, 4.69) is 9.97 Å². The van der Waals surface area contributed by atoms with E-state index in [1.54, 1.807) is 18.5 Å². The van der Waals surface area contributed by atoms with Crippen molar-refractivity contribution in [1.29, 1.82) is 0 Å². The van der Waals surface area contributed by atoms with E-state index in [9.17, 15) is 9.90 Å². The summed E-state index contributed by atoms with van der Waals surface area (Å²) >= 11 is 3.86. The SMILES string of the molecule is O=C(O)c1c(OCc2ncccn2)cc(OSI)cc1OSI. The Morgan fingerprint density at radius 1 is 1.13 bits per heavy atom. The molecule has 2 aromatic rings. The molecule has 1 aromatic heterocycles. The molecule has 0 saturated carbocycles. The molecule has 0 amide bonds. The van der Waals surface area contributed by atoms with E-state index in [0.717, 1.165) is 18.4 Å². The summed E-state index contributed by atoms with van der Waals surface area (Å²) in [6.45, 7) is 0.0266. The highest BCUT2D eigenvalue weighted by Gasteiger charge is 2.22. The fourth-order valence-electron chi connectivity index (χ4n) is 1.62. The molecule has 23 heavy (non-hydrogen) atoms. The van der Waals surface area contributed by atoms with E-state index in [-0.39, 0.29) is 23.7 Å². The third kappa shape index (κ3) is 5.42. The minimum absolute atomic E-state index is 0.0266. The molecule has 7 nitrogen and oxygen atoms in total. The molecule has 0 bridgehead atoms. The van der Waals surface area contributed by atoms with Crippen molar-refractivity contribution in [1.82, 2.24) is 9.97 Å². The number of carbonyl (C=O) groups is 1. The van der Waals surface area contributed by atoms with Crippen molar-refractivity contribution < 1.29 is 23.0 Å². The van der Waals surface area contributed by atoms with Gasteiger partial charge in [-0.25, -0.2) is 14.8 Å². The summed E-state index contributed by atoms with van der Waals surface area (Å²) < 4.78 is 16.2. The van der Waals surface area contributed by atoms with E-state index in [1.165, 1.54) is 12.1 Å². The van der Waals surface area contributed by atoms with Crippen molar-refractivity contribution in [2.45, 2.75) is 6.61 Å². The van der Waals surface area contributed by atoms with Crippen LogP contribution >= 0.6 is 60.8 Å². The molecule has 0 unspecified atom stereocenters. The number of rotatable bonds is 8. The van der Waals surface area contributed by atoms with Crippen LogP contribution in [0.2, 0.25) is 0 Å². The minimum Gasteiger partial charge on any atom is -0.484 e. The molecular formula is C12H8I2N2O5S2. The van der Waals surface area contributed by atoms with Crippen LogP contribution in [0.4, 0.5) is 0 Å². The van der Waals surface area contributed by atoms with Crippen molar-refractivity contribution in [3.05, 3.63) is 42.0 Å². The summed E-state index contributed by atoms with van der Waals surface area (Å²) in [5.41, 5.74) is -0.0871. The lowest BCUT2D eigenvalue weighted by Crippen LogP contribution is -2.07. The fraction of sp³-hybridized carbons (Fsp3) is 0.0833.